The molecule has 15 heavy (non-hydrogen) atoms. The van der Waals surface area contributed by atoms with Crippen LogP contribution in [-0.4, -0.2) is 29.1 Å². The van der Waals surface area contributed by atoms with Crippen molar-refractivity contribution < 1.29 is 0 Å². The van der Waals surface area contributed by atoms with E-state index in [9.17, 15) is 0 Å². The monoisotopic (exact) mass is 242 g/mol. The lowest BCUT2D eigenvalue weighted by Crippen LogP contribution is -2.37. The van der Waals surface area contributed by atoms with Gasteiger partial charge in [0.05, 0.1) is 5.51 Å². The lowest BCUT2D eigenvalue weighted by atomic mass is 9.96. The maximum atomic E-state index is 4.15. The second-order valence-corrected chi connectivity index (χ2v) is 6.08. The highest BCUT2D eigenvalue weighted by Gasteiger charge is 2.25. The molecule has 2 nitrogen and oxygen atoms in total. The first-order chi connectivity index (χ1) is 7.40. The SMILES string of the molecule is CCNC(Cc1cncs1)C1CCSC1. The molecule has 2 heterocycles. The molecule has 0 radical (unpaired) electrons. The molecule has 84 valence electrons. The Kier molecular flexibility index (Phi) is 4.47. The fourth-order valence-corrected chi connectivity index (χ4v) is 4.09. The molecule has 1 saturated heterocycles. The summed E-state index contributed by atoms with van der Waals surface area (Å²) in [6.45, 7) is 3.27. The average Bonchev–Trinajstić information content (AvgIpc) is 2.89. The van der Waals surface area contributed by atoms with Crippen LogP contribution in [0.2, 0.25) is 0 Å². The van der Waals surface area contributed by atoms with Gasteiger partial charge in [0.2, 0.25) is 0 Å². The molecular weight excluding hydrogens is 224 g/mol. The van der Waals surface area contributed by atoms with Gasteiger partial charge in [0.15, 0.2) is 0 Å². The fourth-order valence-electron chi connectivity index (χ4n) is 2.10. The third-order valence-electron chi connectivity index (χ3n) is 2.90. The normalized spacial score (nSPS) is 23.1. The highest BCUT2D eigenvalue weighted by atomic mass is 32.2. The predicted octanol–water partition coefficient (Wildman–Crippen LogP) is 2.42. The molecule has 0 spiro atoms. The molecule has 1 aliphatic heterocycles. The van der Waals surface area contributed by atoms with E-state index in [1.165, 1.54) is 22.8 Å². The van der Waals surface area contributed by atoms with Gasteiger partial charge in [-0.25, -0.2) is 0 Å². The summed E-state index contributed by atoms with van der Waals surface area (Å²) >= 11 is 3.87. The van der Waals surface area contributed by atoms with Crippen molar-refractivity contribution in [1.82, 2.24) is 10.3 Å². The molecule has 0 saturated carbocycles. The summed E-state index contributed by atoms with van der Waals surface area (Å²) in [5.74, 6) is 3.53. The van der Waals surface area contributed by atoms with Crippen molar-refractivity contribution in [2.75, 3.05) is 18.1 Å². The maximum Gasteiger partial charge on any atom is 0.0794 e. The number of aromatic nitrogens is 1. The highest BCUT2D eigenvalue weighted by molar-refractivity contribution is 7.99. The standard InChI is InChI=1S/C11H18N2S2/c1-2-13-11(9-3-4-14-7-9)5-10-6-12-8-15-10/h6,8-9,11,13H,2-5,7H2,1H3. The van der Waals surface area contributed by atoms with Crippen LogP contribution in [0.5, 0.6) is 0 Å². The van der Waals surface area contributed by atoms with E-state index in [-0.39, 0.29) is 0 Å². The summed E-state index contributed by atoms with van der Waals surface area (Å²) in [6.07, 6.45) is 4.54. The van der Waals surface area contributed by atoms with Crippen LogP contribution in [0.15, 0.2) is 11.7 Å². The first-order valence-corrected chi connectivity index (χ1v) is 7.62. The number of likely N-dealkylation sites (N-methyl/N-ethyl adjacent to an activating group) is 1. The lowest BCUT2D eigenvalue weighted by Gasteiger charge is -2.23. The number of rotatable bonds is 5. The number of hydrogen-bond acceptors (Lipinski definition) is 4. The van der Waals surface area contributed by atoms with Crippen molar-refractivity contribution in [1.29, 1.82) is 0 Å². The Morgan fingerprint density at radius 2 is 2.60 bits per heavy atom. The Balaban J connectivity index is 1.93. The van der Waals surface area contributed by atoms with Gasteiger partial charge in [-0.05, 0) is 36.8 Å². The summed E-state index contributed by atoms with van der Waals surface area (Å²) in [7, 11) is 0. The Morgan fingerprint density at radius 1 is 1.67 bits per heavy atom. The summed E-state index contributed by atoms with van der Waals surface area (Å²) < 4.78 is 0. The van der Waals surface area contributed by atoms with E-state index < -0.39 is 0 Å². The van der Waals surface area contributed by atoms with Crippen molar-refractivity contribution in [3.63, 3.8) is 0 Å². The molecule has 4 heteroatoms. The van der Waals surface area contributed by atoms with E-state index in [4.69, 9.17) is 0 Å². The van der Waals surface area contributed by atoms with E-state index >= 15 is 0 Å². The van der Waals surface area contributed by atoms with Crippen molar-refractivity contribution in [2.24, 2.45) is 5.92 Å². The molecule has 0 aromatic carbocycles. The summed E-state index contributed by atoms with van der Waals surface area (Å²) in [5, 5.41) is 3.63. The molecule has 2 atom stereocenters. The van der Waals surface area contributed by atoms with Gasteiger partial charge in [0.25, 0.3) is 0 Å². The molecule has 0 bridgehead atoms. The van der Waals surface area contributed by atoms with Crippen LogP contribution < -0.4 is 5.32 Å². The second-order valence-electron chi connectivity index (χ2n) is 3.96. The zero-order valence-corrected chi connectivity index (χ0v) is 10.7. The Labute approximate surface area is 99.9 Å². The third-order valence-corrected chi connectivity index (χ3v) is 4.90. The number of thiazole rings is 1. The Bertz CT molecular complexity index is 268. The molecule has 2 unspecified atom stereocenters. The Morgan fingerprint density at radius 3 is 3.20 bits per heavy atom. The molecule has 1 fully saturated rings. The minimum Gasteiger partial charge on any atom is -0.314 e. The van der Waals surface area contributed by atoms with E-state index in [2.05, 4.69) is 29.0 Å². The van der Waals surface area contributed by atoms with Gasteiger partial charge in [0.1, 0.15) is 0 Å². The average molecular weight is 242 g/mol. The molecule has 0 aliphatic carbocycles. The number of nitrogens with zero attached hydrogens (tertiary/aromatic N) is 1. The van der Waals surface area contributed by atoms with Gasteiger partial charge < -0.3 is 5.32 Å². The topological polar surface area (TPSA) is 24.9 Å². The zero-order valence-electron chi connectivity index (χ0n) is 9.11. The van der Waals surface area contributed by atoms with Crippen molar-refractivity contribution in [2.45, 2.75) is 25.8 Å². The zero-order chi connectivity index (χ0) is 10.5. The number of nitrogens with one attached hydrogen (secondary N) is 1. The molecular formula is C11H18N2S2. The minimum absolute atomic E-state index is 0.658. The summed E-state index contributed by atoms with van der Waals surface area (Å²) in [4.78, 5) is 5.56. The lowest BCUT2D eigenvalue weighted by molar-refractivity contribution is 0.388. The van der Waals surface area contributed by atoms with Gasteiger partial charge in [-0.3, -0.25) is 4.98 Å². The molecule has 1 N–H and O–H groups in total. The van der Waals surface area contributed by atoms with Crippen molar-refractivity contribution >= 4 is 23.1 Å². The molecule has 1 aromatic heterocycles. The molecule has 2 rings (SSSR count). The van der Waals surface area contributed by atoms with Crippen LogP contribution in [0.25, 0.3) is 0 Å². The first kappa shape index (κ1) is 11.4. The smallest absolute Gasteiger partial charge is 0.0794 e. The first-order valence-electron chi connectivity index (χ1n) is 5.58. The largest absolute Gasteiger partial charge is 0.314 e. The molecule has 1 aliphatic rings. The minimum atomic E-state index is 0.658. The van der Waals surface area contributed by atoms with Gasteiger partial charge in [-0.15, -0.1) is 11.3 Å². The number of hydrogen-bond donors (Lipinski definition) is 1. The van der Waals surface area contributed by atoms with Crippen LogP contribution >= 0.6 is 23.1 Å². The van der Waals surface area contributed by atoms with Crippen LogP contribution in [-0.2, 0) is 6.42 Å². The molecule has 0 amide bonds. The summed E-state index contributed by atoms with van der Waals surface area (Å²) in [5.41, 5.74) is 1.93. The van der Waals surface area contributed by atoms with Gasteiger partial charge in [0, 0.05) is 17.1 Å². The van der Waals surface area contributed by atoms with Gasteiger partial charge in [-0.1, -0.05) is 6.92 Å². The maximum absolute atomic E-state index is 4.15. The Hall–Kier alpha value is -0.0600. The van der Waals surface area contributed by atoms with Crippen molar-refractivity contribution in [3.8, 4) is 0 Å². The van der Waals surface area contributed by atoms with Gasteiger partial charge >= 0.3 is 0 Å². The second kappa shape index (κ2) is 5.87. The van der Waals surface area contributed by atoms with E-state index in [0.717, 1.165) is 18.9 Å². The van der Waals surface area contributed by atoms with Crippen LogP contribution in [0, 0.1) is 5.92 Å². The van der Waals surface area contributed by atoms with Crippen molar-refractivity contribution in [3.05, 3.63) is 16.6 Å². The summed E-state index contributed by atoms with van der Waals surface area (Å²) in [6, 6.07) is 0.658. The van der Waals surface area contributed by atoms with E-state index in [0.29, 0.717) is 6.04 Å². The van der Waals surface area contributed by atoms with E-state index in [1.807, 2.05) is 11.7 Å². The van der Waals surface area contributed by atoms with E-state index in [1.54, 1.807) is 11.3 Å². The van der Waals surface area contributed by atoms with Crippen LogP contribution in [0.1, 0.15) is 18.2 Å². The van der Waals surface area contributed by atoms with Crippen LogP contribution in [0.4, 0.5) is 0 Å². The van der Waals surface area contributed by atoms with Gasteiger partial charge in [-0.2, -0.15) is 11.8 Å². The molecule has 1 aromatic rings. The predicted molar refractivity (Wildman–Crippen MR) is 68.7 cm³/mol. The fraction of sp³-hybridized carbons (Fsp3) is 0.727. The third kappa shape index (κ3) is 3.20. The number of thioether (sulfide) groups is 1. The highest BCUT2D eigenvalue weighted by Crippen LogP contribution is 2.28. The quantitative estimate of drug-likeness (QED) is 0.858. The van der Waals surface area contributed by atoms with Crippen LogP contribution in [0.3, 0.4) is 0 Å².